The third-order valence-electron chi connectivity index (χ3n) is 7.33. The number of Topliss-reactive ketones (excluding diaryl/α,β-unsaturated/α-hetero) is 2. The van der Waals surface area contributed by atoms with Crippen LogP contribution in [-0.4, -0.2) is 11.6 Å². The monoisotopic (exact) mass is 501 g/mol. The number of anilines is 3. The van der Waals surface area contributed by atoms with Gasteiger partial charge in [0.25, 0.3) is 0 Å². The highest BCUT2D eigenvalue weighted by Crippen LogP contribution is 2.37. The topological polar surface area (TPSA) is 37.4 Å². The van der Waals surface area contributed by atoms with Crippen LogP contribution < -0.4 is 4.90 Å². The van der Waals surface area contributed by atoms with Crippen molar-refractivity contribution in [2.75, 3.05) is 4.90 Å². The Morgan fingerprint density at radius 2 is 0.949 bits per heavy atom. The van der Waals surface area contributed by atoms with Crippen LogP contribution in [0, 0.1) is 0 Å². The van der Waals surface area contributed by atoms with Gasteiger partial charge in [0.1, 0.15) is 0 Å². The van der Waals surface area contributed by atoms with E-state index in [9.17, 15) is 9.59 Å². The van der Waals surface area contributed by atoms with E-state index >= 15 is 0 Å². The van der Waals surface area contributed by atoms with Crippen LogP contribution in [0.5, 0.6) is 0 Å². The summed E-state index contributed by atoms with van der Waals surface area (Å²) in [5.74, 6) is -0.417. The average Bonchev–Trinajstić information content (AvgIpc) is 3.22. The summed E-state index contributed by atoms with van der Waals surface area (Å²) in [7, 11) is 0. The highest BCUT2D eigenvalue weighted by atomic mass is 16.2. The lowest BCUT2D eigenvalue weighted by Crippen LogP contribution is -2.09. The number of allylic oxidation sites excluding steroid dienone is 1. The zero-order valence-corrected chi connectivity index (χ0v) is 21.0. The van der Waals surface area contributed by atoms with E-state index in [0.717, 1.165) is 33.4 Å². The van der Waals surface area contributed by atoms with Crippen molar-refractivity contribution < 1.29 is 9.59 Å². The summed E-state index contributed by atoms with van der Waals surface area (Å²) in [6.07, 6.45) is 1.71. The quantitative estimate of drug-likeness (QED) is 0.179. The van der Waals surface area contributed by atoms with Gasteiger partial charge in [-0.2, -0.15) is 0 Å². The lowest BCUT2D eigenvalue weighted by atomic mass is 10.0. The summed E-state index contributed by atoms with van der Waals surface area (Å²) in [5.41, 5.74) is 5.21. The SMILES string of the molecule is O=C1C(=Cc2ccc3cc(N(c4ccccc4)c4ccc5ccccc5c4)ccc3c2)C(=O)c2ccccc21. The van der Waals surface area contributed by atoms with E-state index in [4.69, 9.17) is 0 Å². The molecule has 0 saturated carbocycles. The number of carbonyl (C=O) groups excluding carboxylic acids is 2. The summed E-state index contributed by atoms with van der Waals surface area (Å²) >= 11 is 0. The fourth-order valence-electron chi connectivity index (χ4n) is 5.39. The molecule has 39 heavy (non-hydrogen) atoms. The van der Waals surface area contributed by atoms with Crippen molar-refractivity contribution in [3.63, 3.8) is 0 Å². The standard InChI is InChI=1S/C36H23NO2/c38-35-32-12-6-7-13-33(32)36(39)34(35)21-24-14-15-28-23-31(19-17-27(28)20-24)37(29-10-2-1-3-11-29)30-18-16-25-8-4-5-9-26(25)22-30/h1-23H. The molecular formula is C36H23NO2. The van der Waals surface area contributed by atoms with E-state index in [0.29, 0.717) is 11.1 Å². The second-order valence-corrected chi connectivity index (χ2v) is 9.76. The highest BCUT2D eigenvalue weighted by Gasteiger charge is 2.32. The van der Waals surface area contributed by atoms with Gasteiger partial charge in [0.2, 0.25) is 0 Å². The molecule has 0 aromatic heterocycles. The van der Waals surface area contributed by atoms with Crippen molar-refractivity contribution in [2.45, 2.75) is 0 Å². The molecule has 0 unspecified atom stereocenters. The maximum atomic E-state index is 12.9. The fourth-order valence-corrected chi connectivity index (χ4v) is 5.39. The van der Waals surface area contributed by atoms with E-state index in [1.807, 2.05) is 36.4 Å². The summed E-state index contributed by atoms with van der Waals surface area (Å²) in [4.78, 5) is 28.0. The van der Waals surface area contributed by atoms with Gasteiger partial charge in [-0.15, -0.1) is 0 Å². The number of carbonyl (C=O) groups is 2. The Kier molecular flexibility index (Phi) is 5.42. The maximum Gasteiger partial charge on any atom is 0.197 e. The number of nitrogens with zero attached hydrogens (tertiary/aromatic N) is 1. The fraction of sp³-hybridized carbons (Fsp3) is 0. The predicted octanol–water partition coefficient (Wildman–Crippen LogP) is 8.93. The molecule has 0 heterocycles. The van der Waals surface area contributed by atoms with Gasteiger partial charge < -0.3 is 4.90 Å². The van der Waals surface area contributed by atoms with Gasteiger partial charge in [-0.25, -0.2) is 0 Å². The van der Waals surface area contributed by atoms with Crippen molar-refractivity contribution in [1.82, 2.24) is 0 Å². The Hall–Kier alpha value is -5.28. The Balaban J connectivity index is 1.29. The number of para-hydroxylation sites is 1. The molecule has 1 aliphatic carbocycles. The Bertz CT molecular complexity index is 1920. The molecular weight excluding hydrogens is 478 g/mol. The number of ketones is 2. The second-order valence-electron chi connectivity index (χ2n) is 9.76. The Labute approximate surface area is 226 Å². The van der Waals surface area contributed by atoms with Crippen LogP contribution in [0.15, 0.2) is 139 Å². The number of hydrogen-bond acceptors (Lipinski definition) is 3. The summed E-state index contributed by atoms with van der Waals surface area (Å²) in [6, 6.07) is 44.7. The molecule has 0 bridgehead atoms. The predicted molar refractivity (Wildman–Crippen MR) is 159 cm³/mol. The van der Waals surface area contributed by atoms with Crippen molar-refractivity contribution >= 4 is 56.2 Å². The maximum absolute atomic E-state index is 12.9. The highest BCUT2D eigenvalue weighted by molar-refractivity contribution is 6.41. The van der Waals surface area contributed by atoms with Gasteiger partial charge in [-0.1, -0.05) is 91.0 Å². The van der Waals surface area contributed by atoms with Gasteiger partial charge in [0.15, 0.2) is 11.6 Å². The zero-order chi connectivity index (χ0) is 26.3. The van der Waals surface area contributed by atoms with Gasteiger partial charge >= 0.3 is 0 Å². The molecule has 0 radical (unpaired) electrons. The first-order valence-electron chi connectivity index (χ1n) is 12.9. The minimum atomic E-state index is -0.208. The molecule has 1 aliphatic rings. The first-order chi connectivity index (χ1) is 19.2. The molecule has 6 aromatic carbocycles. The molecule has 0 aliphatic heterocycles. The van der Waals surface area contributed by atoms with Gasteiger partial charge in [0.05, 0.1) is 5.57 Å². The molecule has 7 rings (SSSR count). The first-order valence-corrected chi connectivity index (χ1v) is 12.9. The van der Waals surface area contributed by atoms with Gasteiger partial charge in [0, 0.05) is 28.2 Å². The number of fused-ring (bicyclic) bond motifs is 3. The first kappa shape index (κ1) is 22.9. The second kappa shape index (κ2) is 9.23. The molecule has 3 heteroatoms. The van der Waals surface area contributed by atoms with E-state index in [2.05, 4.69) is 77.7 Å². The van der Waals surface area contributed by atoms with Crippen molar-refractivity contribution in [1.29, 1.82) is 0 Å². The zero-order valence-electron chi connectivity index (χ0n) is 21.0. The van der Waals surface area contributed by atoms with Gasteiger partial charge in [-0.3, -0.25) is 9.59 Å². The molecule has 184 valence electrons. The molecule has 0 amide bonds. The minimum Gasteiger partial charge on any atom is -0.310 e. The van der Waals surface area contributed by atoms with Crippen LogP contribution in [0.25, 0.3) is 27.6 Å². The van der Waals surface area contributed by atoms with Crippen molar-refractivity contribution in [2.24, 2.45) is 0 Å². The van der Waals surface area contributed by atoms with Crippen molar-refractivity contribution in [3.05, 3.63) is 156 Å². The molecule has 0 N–H and O–H groups in total. The van der Waals surface area contributed by atoms with Gasteiger partial charge in [-0.05, 0) is 75.6 Å². The average molecular weight is 502 g/mol. The molecule has 3 nitrogen and oxygen atoms in total. The molecule has 0 atom stereocenters. The van der Waals surface area contributed by atoms with Crippen LogP contribution >= 0.6 is 0 Å². The minimum absolute atomic E-state index is 0.208. The summed E-state index contributed by atoms with van der Waals surface area (Å²) in [5, 5.41) is 4.50. The number of rotatable bonds is 4. The Morgan fingerprint density at radius 3 is 1.64 bits per heavy atom. The summed E-state index contributed by atoms with van der Waals surface area (Å²) < 4.78 is 0. The van der Waals surface area contributed by atoms with E-state index in [1.165, 1.54) is 10.8 Å². The number of hydrogen-bond donors (Lipinski definition) is 0. The molecule has 0 fully saturated rings. The third-order valence-corrected chi connectivity index (χ3v) is 7.33. The van der Waals surface area contributed by atoms with Crippen LogP contribution in [0.2, 0.25) is 0 Å². The van der Waals surface area contributed by atoms with Crippen LogP contribution in [-0.2, 0) is 0 Å². The number of benzene rings is 6. The molecule has 6 aromatic rings. The van der Waals surface area contributed by atoms with Crippen LogP contribution in [0.3, 0.4) is 0 Å². The lowest BCUT2D eigenvalue weighted by Gasteiger charge is -2.26. The largest absolute Gasteiger partial charge is 0.310 e. The smallest absolute Gasteiger partial charge is 0.197 e. The van der Waals surface area contributed by atoms with Crippen molar-refractivity contribution in [3.8, 4) is 0 Å². The van der Waals surface area contributed by atoms with Crippen LogP contribution in [0.1, 0.15) is 26.3 Å². The third kappa shape index (κ3) is 4.01. The van der Waals surface area contributed by atoms with E-state index < -0.39 is 0 Å². The molecule has 0 saturated heterocycles. The van der Waals surface area contributed by atoms with Crippen LogP contribution in [0.4, 0.5) is 17.1 Å². The normalized spacial score (nSPS) is 12.7. The van der Waals surface area contributed by atoms with E-state index in [1.54, 1.807) is 30.3 Å². The summed E-state index contributed by atoms with van der Waals surface area (Å²) in [6.45, 7) is 0. The Morgan fingerprint density at radius 1 is 0.436 bits per heavy atom. The van der Waals surface area contributed by atoms with E-state index in [-0.39, 0.29) is 17.1 Å². The molecule has 0 spiro atoms. The lowest BCUT2D eigenvalue weighted by molar-refractivity contribution is 0.0990.